The van der Waals surface area contributed by atoms with E-state index in [0.29, 0.717) is 16.6 Å². The summed E-state index contributed by atoms with van der Waals surface area (Å²) in [5, 5.41) is 0.651. The van der Waals surface area contributed by atoms with Crippen LogP contribution in [0.15, 0.2) is 30.3 Å². The first kappa shape index (κ1) is 20.5. The summed E-state index contributed by atoms with van der Waals surface area (Å²) >= 11 is 3.36. The van der Waals surface area contributed by atoms with E-state index in [4.69, 9.17) is 0 Å². The zero-order chi connectivity index (χ0) is 19.5. The highest BCUT2D eigenvalue weighted by atomic mass is 79.9. The fraction of sp³-hybridized carbons (Fsp3) is 0.333. The van der Waals surface area contributed by atoms with Gasteiger partial charge in [0.05, 0.1) is 17.6 Å². The Morgan fingerprint density at radius 1 is 1.23 bits per heavy atom. The van der Waals surface area contributed by atoms with Crippen molar-refractivity contribution in [3.05, 3.63) is 47.4 Å². The molecule has 2 aromatic rings. The molecule has 0 unspecified atom stereocenters. The number of allylic oxidation sites excluding steroid dienone is 1. The van der Waals surface area contributed by atoms with Crippen LogP contribution in [0.25, 0.3) is 17.3 Å². The van der Waals surface area contributed by atoms with Crippen molar-refractivity contribution in [2.75, 3.05) is 22.9 Å². The molecular formula is C18H21BrFN3O2S. The number of halogens is 2. The normalized spacial score (nSPS) is 12.1. The van der Waals surface area contributed by atoms with Crippen molar-refractivity contribution in [2.45, 2.75) is 19.8 Å². The van der Waals surface area contributed by atoms with Crippen molar-refractivity contribution in [1.82, 2.24) is 9.97 Å². The number of sulfonamides is 1. The van der Waals surface area contributed by atoms with Gasteiger partial charge in [-0.2, -0.15) is 0 Å². The van der Waals surface area contributed by atoms with Gasteiger partial charge in [-0.05, 0) is 30.2 Å². The second-order valence-electron chi connectivity index (χ2n) is 6.12. The molecule has 5 nitrogen and oxygen atoms in total. The highest BCUT2D eigenvalue weighted by Crippen LogP contribution is 2.31. The van der Waals surface area contributed by atoms with Crippen LogP contribution in [0.1, 0.15) is 31.0 Å². The Morgan fingerprint density at radius 2 is 1.85 bits per heavy atom. The van der Waals surface area contributed by atoms with Gasteiger partial charge < -0.3 is 0 Å². The summed E-state index contributed by atoms with van der Waals surface area (Å²) in [6.45, 7) is 3.96. The Morgan fingerprint density at radius 3 is 2.35 bits per heavy atom. The Labute approximate surface area is 162 Å². The predicted molar refractivity (Wildman–Crippen MR) is 108 cm³/mol. The molecule has 0 amide bonds. The van der Waals surface area contributed by atoms with Gasteiger partial charge in [-0.25, -0.2) is 27.1 Å². The Balaban J connectivity index is 2.81. The molecule has 0 aliphatic carbocycles. The molecule has 0 radical (unpaired) electrons. The van der Waals surface area contributed by atoms with E-state index in [-0.39, 0.29) is 17.7 Å². The first-order chi connectivity index (χ1) is 12.1. The van der Waals surface area contributed by atoms with Gasteiger partial charge >= 0.3 is 0 Å². The third-order valence-electron chi connectivity index (χ3n) is 3.78. The van der Waals surface area contributed by atoms with Crippen LogP contribution in [0.2, 0.25) is 0 Å². The minimum Gasteiger partial charge on any atom is -0.241 e. The van der Waals surface area contributed by atoms with Crippen molar-refractivity contribution in [3.63, 3.8) is 0 Å². The molecule has 0 bridgehead atoms. The molecule has 26 heavy (non-hydrogen) atoms. The van der Waals surface area contributed by atoms with Crippen molar-refractivity contribution in [3.8, 4) is 11.3 Å². The highest BCUT2D eigenvalue weighted by Gasteiger charge is 2.21. The van der Waals surface area contributed by atoms with E-state index in [1.54, 1.807) is 12.1 Å². The first-order valence-electron chi connectivity index (χ1n) is 7.99. The lowest BCUT2D eigenvalue weighted by molar-refractivity contribution is 0.599. The van der Waals surface area contributed by atoms with Gasteiger partial charge in [-0.15, -0.1) is 0 Å². The molecule has 0 N–H and O–H groups in total. The fourth-order valence-corrected chi connectivity index (χ4v) is 2.92. The van der Waals surface area contributed by atoms with E-state index in [1.807, 2.05) is 26.0 Å². The maximum Gasteiger partial charge on any atom is 0.239 e. The summed E-state index contributed by atoms with van der Waals surface area (Å²) in [4.78, 5) is 8.97. The molecule has 0 fully saturated rings. The smallest absolute Gasteiger partial charge is 0.239 e. The topological polar surface area (TPSA) is 63.2 Å². The quantitative estimate of drug-likeness (QED) is 0.629. The van der Waals surface area contributed by atoms with Crippen LogP contribution >= 0.6 is 15.9 Å². The summed E-state index contributed by atoms with van der Waals surface area (Å²) in [7, 11) is -2.10. The average molecular weight is 442 g/mol. The van der Waals surface area contributed by atoms with Crippen LogP contribution in [0.3, 0.4) is 0 Å². The van der Waals surface area contributed by atoms with Crippen molar-refractivity contribution >= 4 is 38.0 Å². The molecule has 1 heterocycles. The lowest BCUT2D eigenvalue weighted by Gasteiger charge is -2.20. The zero-order valence-corrected chi connectivity index (χ0v) is 17.5. The Kier molecular flexibility index (Phi) is 6.52. The van der Waals surface area contributed by atoms with Gasteiger partial charge in [-0.3, -0.25) is 0 Å². The maximum absolute atomic E-state index is 13.3. The van der Waals surface area contributed by atoms with Gasteiger partial charge in [0, 0.05) is 23.5 Å². The lowest BCUT2D eigenvalue weighted by atomic mass is 9.98. The van der Waals surface area contributed by atoms with E-state index in [2.05, 4.69) is 25.9 Å². The average Bonchev–Trinajstić information content (AvgIpc) is 2.58. The van der Waals surface area contributed by atoms with Crippen LogP contribution in [-0.4, -0.2) is 37.0 Å². The van der Waals surface area contributed by atoms with Crippen LogP contribution in [0.4, 0.5) is 10.3 Å². The van der Waals surface area contributed by atoms with Gasteiger partial charge in [0.1, 0.15) is 5.82 Å². The number of hydrogen-bond donors (Lipinski definition) is 0. The molecule has 0 aliphatic heterocycles. The fourth-order valence-electron chi connectivity index (χ4n) is 2.36. The summed E-state index contributed by atoms with van der Waals surface area (Å²) in [5.74, 6) is -0.219. The number of hydrogen-bond acceptors (Lipinski definition) is 4. The summed E-state index contributed by atoms with van der Waals surface area (Å²) < 4.78 is 38.3. The summed E-state index contributed by atoms with van der Waals surface area (Å²) in [6, 6.07) is 5.95. The first-order valence-corrected chi connectivity index (χ1v) is 11.0. The molecule has 8 heteroatoms. The molecule has 0 spiro atoms. The highest BCUT2D eigenvalue weighted by molar-refractivity contribution is 9.09. The summed E-state index contributed by atoms with van der Waals surface area (Å²) in [6.07, 6.45) is 4.91. The van der Waals surface area contributed by atoms with E-state index in [0.717, 1.165) is 21.8 Å². The predicted octanol–water partition coefficient (Wildman–Crippen LogP) is 4.21. The third kappa shape index (κ3) is 4.67. The van der Waals surface area contributed by atoms with Crippen LogP contribution in [0.5, 0.6) is 0 Å². The molecular weight excluding hydrogens is 421 g/mol. The second kappa shape index (κ2) is 8.26. The number of anilines is 1. The van der Waals surface area contributed by atoms with E-state index in [1.165, 1.54) is 19.2 Å². The number of nitrogens with zero attached hydrogens (tertiary/aromatic N) is 3. The summed E-state index contributed by atoms with van der Waals surface area (Å²) in [5.41, 5.74) is 2.76. The van der Waals surface area contributed by atoms with Crippen molar-refractivity contribution in [2.24, 2.45) is 0 Å². The SMILES string of the molecule is CC(C)c1nc(N(C)S(C)(=O)=O)nc(-c2ccc(F)cc2)c1/C=C/CBr. The van der Waals surface area contributed by atoms with Gasteiger partial charge in [0.15, 0.2) is 0 Å². The number of alkyl halides is 1. The molecule has 0 aliphatic rings. The minimum absolute atomic E-state index is 0.0406. The van der Waals surface area contributed by atoms with E-state index < -0.39 is 10.0 Å². The number of benzene rings is 1. The Bertz CT molecular complexity index is 913. The molecule has 140 valence electrons. The standard InChI is InChI=1S/C18H21BrFN3O2S/c1-12(2)16-15(6-5-11-19)17(13-7-9-14(20)10-8-13)22-18(21-16)23(3)26(4,24)25/h5-10,12H,11H2,1-4H3/b6-5+. The lowest BCUT2D eigenvalue weighted by Crippen LogP contribution is -2.27. The van der Waals surface area contributed by atoms with Crippen LogP contribution < -0.4 is 4.31 Å². The van der Waals surface area contributed by atoms with Crippen LogP contribution in [0, 0.1) is 5.82 Å². The zero-order valence-electron chi connectivity index (χ0n) is 15.1. The van der Waals surface area contributed by atoms with Crippen molar-refractivity contribution < 1.29 is 12.8 Å². The monoisotopic (exact) mass is 441 g/mol. The Hall–Kier alpha value is -1.80. The minimum atomic E-state index is -3.51. The van der Waals surface area contributed by atoms with Crippen molar-refractivity contribution in [1.29, 1.82) is 0 Å². The van der Waals surface area contributed by atoms with E-state index in [9.17, 15) is 12.8 Å². The number of aromatic nitrogens is 2. The maximum atomic E-state index is 13.3. The third-order valence-corrected chi connectivity index (χ3v) is 5.31. The molecule has 1 aromatic carbocycles. The molecule has 1 aromatic heterocycles. The molecule has 0 saturated heterocycles. The van der Waals surface area contributed by atoms with Gasteiger partial charge in [-0.1, -0.05) is 41.9 Å². The largest absolute Gasteiger partial charge is 0.241 e. The molecule has 0 saturated carbocycles. The van der Waals surface area contributed by atoms with E-state index >= 15 is 0 Å². The number of rotatable bonds is 6. The molecule has 0 atom stereocenters. The van der Waals surface area contributed by atoms with Crippen LogP contribution in [-0.2, 0) is 10.0 Å². The second-order valence-corrected chi connectivity index (χ2v) is 8.78. The van der Waals surface area contributed by atoms with Gasteiger partial charge in [0.2, 0.25) is 16.0 Å². The molecule has 2 rings (SSSR count). The van der Waals surface area contributed by atoms with Gasteiger partial charge in [0.25, 0.3) is 0 Å².